The van der Waals surface area contributed by atoms with Crippen LogP contribution in [0.4, 0.5) is 4.79 Å². The summed E-state index contributed by atoms with van der Waals surface area (Å²) in [6.45, 7) is 16.0. The first-order valence-electron chi connectivity index (χ1n) is 12.6. The van der Waals surface area contributed by atoms with Gasteiger partial charge in [-0.25, -0.2) is 14.8 Å². The molecule has 0 unspecified atom stereocenters. The van der Waals surface area contributed by atoms with E-state index in [9.17, 15) is 9.59 Å². The summed E-state index contributed by atoms with van der Waals surface area (Å²) in [7, 11) is 0. The van der Waals surface area contributed by atoms with E-state index in [1.165, 1.54) is 6.20 Å². The highest BCUT2D eigenvalue weighted by molar-refractivity contribution is 6.32. The monoisotopic (exact) mass is 557 g/mol. The van der Waals surface area contributed by atoms with Gasteiger partial charge in [-0.15, -0.1) is 0 Å². The number of carbonyl (C=O) groups is 2. The zero-order valence-electron chi connectivity index (χ0n) is 23.3. The molecule has 0 bridgehead atoms. The third-order valence-corrected chi connectivity index (χ3v) is 6.16. The predicted octanol–water partition coefficient (Wildman–Crippen LogP) is 4.55. The van der Waals surface area contributed by atoms with Crippen molar-refractivity contribution in [2.24, 2.45) is 10.9 Å². The van der Waals surface area contributed by atoms with Crippen LogP contribution >= 0.6 is 11.6 Å². The van der Waals surface area contributed by atoms with Gasteiger partial charge < -0.3 is 24.5 Å². The highest BCUT2D eigenvalue weighted by atomic mass is 35.5. The lowest BCUT2D eigenvalue weighted by atomic mass is 9.91. The fourth-order valence-corrected chi connectivity index (χ4v) is 4.34. The summed E-state index contributed by atoms with van der Waals surface area (Å²) in [5.41, 5.74) is 4.29. The molecule has 2 aromatic rings. The summed E-state index contributed by atoms with van der Waals surface area (Å²) in [6.07, 6.45) is 1.48. The third kappa shape index (κ3) is 7.93. The average molecular weight is 558 g/mol. The van der Waals surface area contributed by atoms with Crippen molar-refractivity contribution in [3.05, 3.63) is 63.8 Å². The van der Waals surface area contributed by atoms with Crippen LogP contribution in [0.15, 0.2) is 36.0 Å². The van der Waals surface area contributed by atoms with Gasteiger partial charge in [0.2, 0.25) is 17.7 Å². The van der Waals surface area contributed by atoms with Gasteiger partial charge in [-0.3, -0.25) is 4.79 Å². The molecule has 39 heavy (non-hydrogen) atoms. The lowest BCUT2D eigenvalue weighted by molar-refractivity contribution is -0.131. The second kappa shape index (κ2) is 12.5. The Hall–Kier alpha value is -3.63. The molecule has 1 aromatic heterocycles. The molecule has 0 aliphatic carbocycles. The molecule has 1 aliphatic rings. The van der Waals surface area contributed by atoms with Crippen LogP contribution in [0.2, 0.25) is 5.02 Å². The summed E-state index contributed by atoms with van der Waals surface area (Å²) in [4.78, 5) is 40.1. The number of rotatable bonds is 7. The zero-order valence-corrected chi connectivity index (χ0v) is 24.0. The Bertz CT molecular complexity index is 1290. The van der Waals surface area contributed by atoms with Crippen LogP contribution in [0.25, 0.3) is 5.70 Å². The second-order valence-electron chi connectivity index (χ2n) is 10.5. The number of carbonyl (C=O) groups excluding carboxylic acids is 2. The number of hydrogen-bond acceptors (Lipinski definition) is 8. The van der Waals surface area contributed by atoms with Gasteiger partial charge in [0.25, 0.3) is 0 Å². The predicted molar refractivity (Wildman–Crippen MR) is 150 cm³/mol. The highest BCUT2D eigenvalue weighted by Crippen LogP contribution is 2.30. The van der Waals surface area contributed by atoms with Crippen LogP contribution in [0, 0.1) is 6.92 Å². The second-order valence-corrected chi connectivity index (χ2v) is 10.9. The molecular weight excluding hydrogens is 522 g/mol. The molecule has 0 fully saturated rings. The summed E-state index contributed by atoms with van der Waals surface area (Å²) < 4.78 is 10.8. The molecule has 0 saturated carbocycles. The van der Waals surface area contributed by atoms with Crippen LogP contribution in [0.5, 0.6) is 5.88 Å². The van der Waals surface area contributed by atoms with E-state index in [0.29, 0.717) is 41.7 Å². The van der Waals surface area contributed by atoms with Crippen molar-refractivity contribution < 1.29 is 23.9 Å². The number of amides is 2. The van der Waals surface area contributed by atoms with Gasteiger partial charge in [-0.05, 0) is 70.7 Å². The van der Waals surface area contributed by atoms with Crippen LogP contribution in [-0.4, -0.2) is 52.6 Å². The quantitative estimate of drug-likeness (QED) is 0.290. The summed E-state index contributed by atoms with van der Waals surface area (Å²) in [6, 6.07) is 5.48. The Morgan fingerprint density at radius 3 is 2.64 bits per heavy atom. The van der Waals surface area contributed by atoms with Crippen molar-refractivity contribution in [3.8, 4) is 5.88 Å². The molecule has 0 radical (unpaired) electrons. The van der Waals surface area contributed by atoms with Crippen LogP contribution in [0.1, 0.15) is 62.4 Å². The smallest absolute Gasteiger partial charge is 0.408 e. The maximum atomic E-state index is 12.7. The van der Waals surface area contributed by atoms with Gasteiger partial charge in [0.1, 0.15) is 17.2 Å². The highest BCUT2D eigenvalue weighted by Gasteiger charge is 2.24. The Morgan fingerprint density at radius 1 is 1.31 bits per heavy atom. The molecule has 0 atom stereocenters. The molecule has 3 N–H and O–H groups in total. The number of pyridine rings is 1. The van der Waals surface area contributed by atoms with Gasteiger partial charge in [0.15, 0.2) is 0 Å². The lowest BCUT2D eigenvalue weighted by Crippen LogP contribution is -2.43. The maximum absolute atomic E-state index is 12.7. The van der Waals surface area contributed by atoms with Crippen molar-refractivity contribution in [1.82, 2.24) is 15.2 Å². The van der Waals surface area contributed by atoms with Gasteiger partial charge in [0, 0.05) is 24.8 Å². The minimum atomic E-state index is -0.630. The van der Waals surface area contributed by atoms with Crippen LogP contribution in [0.3, 0.4) is 0 Å². The SMILES string of the molecule is C=C(/N=C(\ON)c1cnc(OC(C)C)c(Cl)c1)c1ccc2c(c1C)CCN(C(=O)CNC(=O)OC(C)(C)C)C2. The van der Waals surface area contributed by atoms with E-state index in [-0.39, 0.29) is 24.5 Å². The zero-order chi connectivity index (χ0) is 28.9. The first kappa shape index (κ1) is 29.9. The minimum Gasteiger partial charge on any atom is -0.474 e. The molecule has 0 spiro atoms. The average Bonchev–Trinajstić information content (AvgIpc) is 2.85. The molecule has 3 rings (SSSR count). The number of aliphatic imine (C=N–C) groups is 1. The van der Waals surface area contributed by atoms with E-state index in [1.807, 2.05) is 32.9 Å². The van der Waals surface area contributed by atoms with E-state index >= 15 is 0 Å². The molecule has 10 nitrogen and oxygen atoms in total. The largest absolute Gasteiger partial charge is 0.474 e. The lowest BCUT2D eigenvalue weighted by Gasteiger charge is -2.31. The fraction of sp³-hybridized carbons (Fsp3) is 0.429. The molecule has 2 heterocycles. The number of aromatic nitrogens is 1. The number of benzene rings is 1. The third-order valence-electron chi connectivity index (χ3n) is 5.88. The Labute approximate surface area is 234 Å². The molecule has 2 amide bonds. The van der Waals surface area contributed by atoms with E-state index in [0.717, 1.165) is 22.3 Å². The number of ether oxygens (including phenoxy) is 2. The van der Waals surface area contributed by atoms with E-state index in [4.69, 9.17) is 31.8 Å². The molecule has 0 saturated heterocycles. The summed E-state index contributed by atoms with van der Waals surface area (Å²) in [5.74, 6) is 5.76. The molecule has 1 aromatic carbocycles. The summed E-state index contributed by atoms with van der Waals surface area (Å²) >= 11 is 6.31. The summed E-state index contributed by atoms with van der Waals surface area (Å²) in [5, 5.41) is 2.83. The molecule has 210 valence electrons. The van der Waals surface area contributed by atoms with Crippen molar-refractivity contribution >= 4 is 35.2 Å². The van der Waals surface area contributed by atoms with Crippen molar-refractivity contribution in [3.63, 3.8) is 0 Å². The van der Waals surface area contributed by atoms with Crippen molar-refractivity contribution in [1.29, 1.82) is 0 Å². The maximum Gasteiger partial charge on any atom is 0.408 e. The van der Waals surface area contributed by atoms with Gasteiger partial charge in [0.05, 0.1) is 17.4 Å². The Balaban J connectivity index is 1.72. The molecule has 11 heteroatoms. The standard InChI is InChI=1S/C28H36ClN5O5/c1-16(2)37-26-23(29)12-20(13-31-26)25(39-30)33-18(4)21-9-8-19-15-34(11-10-22(19)17(21)3)24(35)14-32-27(36)38-28(5,6)7/h8-9,12-13,16H,4,10-11,14-15,30H2,1-3,5-7H3,(H,32,36)/b33-25-. The van der Waals surface area contributed by atoms with E-state index < -0.39 is 11.7 Å². The van der Waals surface area contributed by atoms with Gasteiger partial charge in [-0.2, -0.15) is 5.90 Å². The van der Waals surface area contributed by atoms with E-state index in [1.54, 1.807) is 31.7 Å². The van der Waals surface area contributed by atoms with Crippen LogP contribution in [-0.2, 0) is 27.3 Å². The number of alkyl carbamates (subject to hydrolysis) is 1. The first-order valence-corrected chi connectivity index (χ1v) is 13.0. The Kier molecular flexibility index (Phi) is 9.58. The number of nitrogens with two attached hydrogens (primary N) is 1. The van der Waals surface area contributed by atoms with Crippen LogP contribution < -0.4 is 16.0 Å². The minimum absolute atomic E-state index is 0.0781. The fourth-order valence-electron chi connectivity index (χ4n) is 4.13. The van der Waals surface area contributed by atoms with Gasteiger partial charge in [-0.1, -0.05) is 30.3 Å². The number of nitrogens with zero attached hydrogens (tertiary/aromatic N) is 3. The first-order chi connectivity index (χ1) is 18.3. The van der Waals surface area contributed by atoms with Gasteiger partial charge >= 0.3 is 6.09 Å². The number of fused-ring (bicyclic) bond motifs is 1. The topological polar surface area (TPSA) is 128 Å². The Morgan fingerprint density at radius 2 is 2.03 bits per heavy atom. The molecule has 1 aliphatic heterocycles. The van der Waals surface area contributed by atoms with E-state index in [2.05, 4.69) is 21.9 Å². The normalized spacial score (nSPS) is 13.6. The number of hydrogen-bond donors (Lipinski definition) is 2. The molecular formula is C28H36ClN5O5. The number of nitrogens with one attached hydrogen (secondary N) is 1. The number of halogens is 1. The van der Waals surface area contributed by atoms with Crippen molar-refractivity contribution in [2.75, 3.05) is 13.1 Å². The van der Waals surface area contributed by atoms with Crippen molar-refractivity contribution in [2.45, 2.75) is 66.2 Å².